The van der Waals surface area contributed by atoms with E-state index in [4.69, 9.17) is 16.3 Å². The number of halogens is 1. The van der Waals surface area contributed by atoms with Crippen molar-refractivity contribution in [3.05, 3.63) is 47.9 Å². The number of nitrogens with zero attached hydrogens (tertiary/aromatic N) is 3. The van der Waals surface area contributed by atoms with Crippen molar-refractivity contribution in [3.8, 4) is 17.0 Å². The van der Waals surface area contributed by atoms with Crippen molar-refractivity contribution in [2.75, 3.05) is 7.11 Å². The first-order valence-corrected chi connectivity index (χ1v) is 5.80. The van der Waals surface area contributed by atoms with Gasteiger partial charge in [0, 0.05) is 18.0 Å². The second-order valence-electron chi connectivity index (χ2n) is 3.78. The first kappa shape index (κ1) is 11.0. The molecule has 0 saturated carbocycles. The van der Waals surface area contributed by atoms with E-state index in [1.165, 1.54) is 0 Å². The van der Waals surface area contributed by atoms with E-state index in [2.05, 4.69) is 10.1 Å². The summed E-state index contributed by atoms with van der Waals surface area (Å²) < 4.78 is 7.03. The van der Waals surface area contributed by atoms with Crippen LogP contribution in [0.1, 0.15) is 0 Å². The Kier molecular flexibility index (Phi) is 2.64. The van der Waals surface area contributed by atoms with Crippen molar-refractivity contribution in [2.45, 2.75) is 0 Å². The fraction of sp³-hybridized carbons (Fsp3) is 0.0769. The normalized spacial score (nSPS) is 10.8. The van der Waals surface area contributed by atoms with Crippen molar-refractivity contribution < 1.29 is 4.74 Å². The van der Waals surface area contributed by atoms with E-state index >= 15 is 0 Å². The molecule has 1 aromatic carbocycles. The quantitative estimate of drug-likeness (QED) is 0.710. The van der Waals surface area contributed by atoms with Crippen LogP contribution in [0.5, 0.6) is 5.75 Å². The maximum atomic E-state index is 6.03. The Labute approximate surface area is 109 Å². The van der Waals surface area contributed by atoms with Gasteiger partial charge in [-0.3, -0.25) is 0 Å². The fourth-order valence-corrected chi connectivity index (χ4v) is 2.08. The van der Waals surface area contributed by atoms with Gasteiger partial charge in [-0.1, -0.05) is 23.7 Å². The Morgan fingerprint density at radius 2 is 2.11 bits per heavy atom. The number of fused-ring (bicyclic) bond motifs is 1. The minimum atomic E-state index is 0.436. The van der Waals surface area contributed by atoms with Gasteiger partial charge < -0.3 is 4.74 Å². The van der Waals surface area contributed by atoms with Crippen LogP contribution in [0, 0.1) is 0 Å². The van der Waals surface area contributed by atoms with E-state index in [1.807, 2.05) is 30.3 Å². The highest BCUT2D eigenvalue weighted by molar-refractivity contribution is 6.32. The Morgan fingerprint density at radius 3 is 2.89 bits per heavy atom. The Morgan fingerprint density at radius 1 is 1.28 bits per heavy atom. The van der Waals surface area contributed by atoms with Gasteiger partial charge in [-0.25, -0.2) is 9.50 Å². The molecule has 0 aliphatic heterocycles. The number of ether oxygens (including phenoxy) is 1. The number of para-hydroxylation sites is 1. The van der Waals surface area contributed by atoms with Crippen LogP contribution in [0.15, 0.2) is 42.7 Å². The minimum Gasteiger partial charge on any atom is -0.496 e. The average molecular weight is 260 g/mol. The second-order valence-corrected chi connectivity index (χ2v) is 4.14. The van der Waals surface area contributed by atoms with Crippen molar-refractivity contribution >= 4 is 17.1 Å². The molecule has 2 aromatic heterocycles. The second kappa shape index (κ2) is 4.31. The standard InChI is InChI=1S/C13H10ClN3O/c1-18-12-5-3-2-4-9(12)10-8-11-13(14)15-6-7-17(11)16-10/h2-8H,1H3. The Balaban J connectivity index is 2.23. The molecule has 4 nitrogen and oxygen atoms in total. The molecule has 0 N–H and O–H groups in total. The number of hydrogen-bond acceptors (Lipinski definition) is 3. The number of aromatic nitrogens is 3. The van der Waals surface area contributed by atoms with Crippen LogP contribution in [0.25, 0.3) is 16.8 Å². The molecule has 18 heavy (non-hydrogen) atoms. The molecule has 0 bridgehead atoms. The van der Waals surface area contributed by atoms with Crippen LogP contribution in [0.2, 0.25) is 5.15 Å². The van der Waals surface area contributed by atoms with Gasteiger partial charge in [-0.15, -0.1) is 0 Å². The predicted octanol–water partition coefficient (Wildman–Crippen LogP) is 3.06. The van der Waals surface area contributed by atoms with E-state index in [0.717, 1.165) is 22.5 Å². The largest absolute Gasteiger partial charge is 0.496 e. The Hall–Kier alpha value is -2.07. The number of hydrogen-bond donors (Lipinski definition) is 0. The highest BCUT2D eigenvalue weighted by Crippen LogP contribution is 2.30. The van der Waals surface area contributed by atoms with Crippen molar-refractivity contribution in [2.24, 2.45) is 0 Å². The summed E-state index contributed by atoms with van der Waals surface area (Å²) in [4.78, 5) is 4.03. The molecule has 0 spiro atoms. The molecule has 0 aliphatic carbocycles. The van der Waals surface area contributed by atoms with E-state index in [0.29, 0.717) is 5.15 Å². The van der Waals surface area contributed by atoms with Crippen LogP contribution in [-0.2, 0) is 0 Å². The first-order valence-electron chi connectivity index (χ1n) is 5.43. The monoisotopic (exact) mass is 259 g/mol. The molecule has 0 aliphatic rings. The Bertz CT molecular complexity index is 708. The molecule has 0 amide bonds. The lowest BCUT2D eigenvalue weighted by Crippen LogP contribution is -1.90. The van der Waals surface area contributed by atoms with Gasteiger partial charge in [-0.05, 0) is 18.2 Å². The van der Waals surface area contributed by atoms with Gasteiger partial charge >= 0.3 is 0 Å². The van der Waals surface area contributed by atoms with E-state index in [1.54, 1.807) is 24.0 Å². The third-order valence-electron chi connectivity index (χ3n) is 2.73. The maximum Gasteiger partial charge on any atom is 0.154 e. The molecule has 0 radical (unpaired) electrons. The van der Waals surface area contributed by atoms with E-state index < -0.39 is 0 Å². The molecule has 0 saturated heterocycles. The van der Waals surface area contributed by atoms with Crippen LogP contribution < -0.4 is 4.74 Å². The number of benzene rings is 1. The summed E-state index contributed by atoms with van der Waals surface area (Å²) in [7, 11) is 1.64. The number of methoxy groups -OCH3 is 1. The molecular weight excluding hydrogens is 250 g/mol. The van der Waals surface area contributed by atoms with Crippen LogP contribution >= 0.6 is 11.6 Å². The number of rotatable bonds is 2. The fourth-order valence-electron chi connectivity index (χ4n) is 1.88. The summed E-state index contributed by atoms with van der Waals surface area (Å²) in [6, 6.07) is 9.63. The van der Waals surface area contributed by atoms with Crippen molar-refractivity contribution in [1.29, 1.82) is 0 Å². The third-order valence-corrected chi connectivity index (χ3v) is 3.02. The molecule has 2 heterocycles. The van der Waals surface area contributed by atoms with Gasteiger partial charge in [-0.2, -0.15) is 5.10 Å². The summed E-state index contributed by atoms with van der Waals surface area (Å²) in [6.07, 6.45) is 3.38. The zero-order valence-electron chi connectivity index (χ0n) is 9.67. The molecular formula is C13H10ClN3O. The van der Waals surface area contributed by atoms with Gasteiger partial charge in [0.1, 0.15) is 11.3 Å². The molecule has 0 atom stereocenters. The van der Waals surface area contributed by atoms with Crippen LogP contribution in [0.4, 0.5) is 0 Å². The lowest BCUT2D eigenvalue weighted by Gasteiger charge is -2.04. The average Bonchev–Trinajstić information content (AvgIpc) is 2.84. The lowest BCUT2D eigenvalue weighted by molar-refractivity contribution is 0.416. The van der Waals surface area contributed by atoms with Gasteiger partial charge in [0.2, 0.25) is 0 Å². The highest BCUT2D eigenvalue weighted by Gasteiger charge is 2.11. The van der Waals surface area contributed by atoms with Crippen LogP contribution in [-0.4, -0.2) is 21.7 Å². The van der Waals surface area contributed by atoms with E-state index in [-0.39, 0.29) is 0 Å². The molecule has 0 fully saturated rings. The molecule has 3 rings (SSSR count). The lowest BCUT2D eigenvalue weighted by atomic mass is 10.1. The van der Waals surface area contributed by atoms with Gasteiger partial charge in [0.15, 0.2) is 5.15 Å². The minimum absolute atomic E-state index is 0.436. The van der Waals surface area contributed by atoms with E-state index in [9.17, 15) is 0 Å². The summed E-state index contributed by atoms with van der Waals surface area (Å²) in [5, 5.41) is 4.90. The molecule has 90 valence electrons. The van der Waals surface area contributed by atoms with Crippen LogP contribution in [0.3, 0.4) is 0 Å². The molecule has 0 unspecified atom stereocenters. The summed E-state index contributed by atoms with van der Waals surface area (Å²) in [5.74, 6) is 0.782. The predicted molar refractivity (Wildman–Crippen MR) is 70.0 cm³/mol. The van der Waals surface area contributed by atoms with Crippen molar-refractivity contribution in [3.63, 3.8) is 0 Å². The summed E-state index contributed by atoms with van der Waals surface area (Å²) in [6.45, 7) is 0. The third kappa shape index (κ3) is 1.71. The maximum absolute atomic E-state index is 6.03. The molecule has 3 aromatic rings. The SMILES string of the molecule is COc1ccccc1-c1cc2c(Cl)nccn2n1. The highest BCUT2D eigenvalue weighted by atomic mass is 35.5. The van der Waals surface area contributed by atoms with Crippen molar-refractivity contribution in [1.82, 2.24) is 14.6 Å². The van der Waals surface area contributed by atoms with Gasteiger partial charge in [0.25, 0.3) is 0 Å². The smallest absolute Gasteiger partial charge is 0.154 e. The molecule has 5 heteroatoms. The van der Waals surface area contributed by atoms with Gasteiger partial charge in [0.05, 0.1) is 12.8 Å². The summed E-state index contributed by atoms with van der Waals surface area (Å²) in [5.41, 5.74) is 2.52. The summed E-state index contributed by atoms with van der Waals surface area (Å²) >= 11 is 6.03. The first-order chi connectivity index (χ1) is 8.79. The zero-order valence-corrected chi connectivity index (χ0v) is 10.4. The topological polar surface area (TPSA) is 39.4 Å². The zero-order chi connectivity index (χ0) is 12.5.